The lowest BCUT2D eigenvalue weighted by molar-refractivity contribution is 0.0538. The third-order valence-electron chi connectivity index (χ3n) is 6.86. The lowest BCUT2D eigenvalue weighted by Crippen LogP contribution is -2.44. The van der Waals surface area contributed by atoms with Crippen LogP contribution in [0.25, 0.3) is 11.3 Å². The molecule has 0 amide bonds. The van der Waals surface area contributed by atoms with E-state index in [0.29, 0.717) is 6.04 Å². The van der Waals surface area contributed by atoms with Gasteiger partial charge < -0.3 is 16.2 Å². The Labute approximate surface area is 172 Å². The van der Waals surface area contributed by atoms with Crippen molar-refractivity contribution in [3.63, 3.8) is 0 Å². The summed E-state index contributed by atoms with van der Waals surface area (Å²) in [6.07, 6.45) is 13.3. The van der Waals surface area contributed by atoms with Gasteiger partial charge in [-0.25, -0.2) is 9.97 Å². The molecule has 1 saturated heterocycles. The maximum atomic E-state index is 6.72. The molecule has 5 rings (SSSR count). The molecule has 2 aromatic heterocycles. The Hall–Kier alpha value is -1.83. The fourth-order valence-corrected chi connectivity index (χ4v) is 4.76. The van der Waals surface area contributed by atoms with Crippen LogP contribution in [-0.2, 0) is 16.7 Å². The summed E-state index contributed by atoms with van der Waals surface area (Å²) in [6.45, 7) is 1.61. The predicted molar refractivity (Wildman–Crippen MR) is 111 cm³/mol. The Morgan fingerprint density at radius 3 is 2.72 bits per heavy atom. The Bertz CT molecular complexity index is 847. The van der Waals surface area contributed by atoms with E-state index >= 15 is 0 Å². The van der Waals surface area contributed by atoms with Crippen molar-refractivity contribution in [1.29, 1.82) is 0 Å². The number of rotatable bonds is 5. The Kier molecular flexibility index (Phi) is 5.14. The zero-order chi connectivity index (χ0) is 19.8. The Morgan fingerprint density at radius 1 is 1.17 bits per heavy atom. The molecule has 0 bridgehead atoms. The highest BCUT2D eigenvalue weighted by Gasteiger charge is 2.35. The number of hydrogen-bond acceptors (Lipinski definition) is 6. The quantitative estimate of drug-likeness (QED) is 0.805. The van der Waals surface area contributed by atoms with Crippen LogP contribution >= 0.6 is 0 Å². The van der Waals surface area contributed by atoms with Crippen molar-refractivity contribution in [2.45, 2.75) is 75.4 Å². The van der Waals surface area contributed by atoms with Crippen molar-refractivity contribution in [3.05, 3.63) is 30.0 Å². The summed E-state index contributed by atoms with van der Waals surface area (Å²) in [6, 6.07) is 2.57. The number of hydrogen-bond donors (Lipinski definition) is 2. The first-order valence-corrected chi connectivity index (χ1v) is 11.1. The van der Waals surface area contributed by atoms with Crippen LogP contribution in [0.5, 0.6) is 0 Å². The van der Waals surface area contributed by atoms with Crippen LogP contribution in [-0.4, -0.2) is 39.0 Å². The van der Waals surface area contributed by atoms with Crippen molar-refractivity contribution in [2.24, 2.45) is 17.4 Å². The molecule has 3 fully saturated rings. The Morgan fingerprint density at radius 2 is 2.00 bits per heavy atom. The van der Waals surface area contributed by atoms with Gasteiger partial charge in [0.15, 0.2) is 0 Å². The van der Waals surface area contributed by atoms with Crippen LogP contribution in [0.1, 0.15) is 68.9 Å². The van der Waals surface area contributed by atoms with E-state index in [-0.39, 0.29) is 6.04 Å². The first-order valence-electron chi connectivity index (χ1n) is 11.1. The van der Waals surface area contributed by atoms with E-state index in [2.05, 4.69) is 9.67 Å². The lowest BCUT2D eigenvalue weighted by Gasteiger charge is -2.34. The largest absolute Gasteiger partial charge is 0.379 e. The summed E-state index contributed by atoms with van der Waals surface area (Å²) >= 11 is 0. The van der Waals surface area contributed by atoms with Crippen molar-refractivity contribution >= 4 is 0 Å². The van der Waals surface area contributed by atoms with Gasteiger partial charge in [0.05, 0.1) is 30.1 Å². The lowest BCUT2D eigenvalue weighted by atomic mass is 9.80. The molecule has 3 aliphatic rings. The third-order valence-corrected chi connectivity index (χ3v) is 6.86. The fourth-order valence-electron chi connectivity index (χ4n) is 4.76. The fraction of sp³-hybridized carbons (Fsp3) is 0.682. The summed E-state index contributed by atoms with van der Waals surface area (Å²) in [5.41, 5.74) is 15.7. The van der Waals surface area contributed by atoms with Gasteiger partial charge in [0.2, 0.25) is 0 Å². The van der Waals surface area contributed by atoms with Crippen molar-refractivity contribution in [2.75, 3.05) is 13.2 Å². The van der Waals surface area contributed by atoms with Gasteiger partial charge in [0.1, 0.15) is 5.82 Å². The summed E-state index contributed by atoms with van der Waals surface area (Å²) in [4.78, 5) is 9.51. The second-order valence-electron chi connectivity index (χ2n) is 9.23. The average molecular weight is 397 g/mol. The molecule has 156 valence electrons. The van der Waals surface area contributed by atoms with Gasteiger partial charge in [-0.1, -0.05) is 0 Å². The van der Waals surface area contributed by atoms with Gasteiger partial charge in [0, 0.05) is 30.1 Å². The summed E-state index contributed by atoms with van der Waals surface area (Å²) in [5.74, 6) is 1.52. The number of aromatic nitrogens is 4. The minimum atomic E-state index is -0.476. The highest BCUT2D eigenvalue weighted by Crippen LogP contribution is 2.38. The first-order chi connectivity index (χ1) is 14.1. The van der Waals surface area contributed by atoms with Gasteiger partial charge in [-0.2, -0.15) is 5.10 Å². The molecule has 7 heteroatoms. The molecule has 2 aromatic rings. The number of nitrogens with zero attached hydrogens (tertiary/aromatic N) is 4. The molecule has 2 aliphatic carbocycles. The van der Waals surface area contributed by atoms with Gasteiger partial charge in [-0.3, -0.25) is 4.68 Å². The van der Waals surface area contributed by atoms with E-state index in [1.165, 1.54) is 18.5 Å². The van der Waals surface area contributed by atoms with Crippen LogP contribution in [0.3, 0.4) is 0 Å². The summed E-state index contributed by atoms with van der Waals surface area (Å²) in [5, 5.41) is 4.79. The van der Waals surface area contributed by atoms with Crippen LogP contribution in [0.2, 0.25) is 0 Å². The van der Waals surface area contributed by atoms with Gasteiger partial charge in [0.25, 0.3) is 0 Å². The van der Waals surface area contributed by atoms with E-state index in [1.807, 2.05) is 18.5 Å². The molecule has 1 aliphatic heterocycles. The van der Waals surface area contributed by atoms with Crippen LogP contribution in [0.4, 0.5) is 0 Å². The number of ether oxygens (including phenoxy) is 1. The van der Waals surface area contributed by atoms with Crippen LogP contribution in [0, 0.1) is 5.92 Å². The average Bonchev–Trinajstić information content (AvgIpc) is 3.48. The van der Waals surface area contributed by atoms with Crippen molar-refractivity contribution < 1.29 is 4.74 Å². The van der Waals surface area contributed by atoms with E-state index in [9.17, 15) is 0 Å². The van der Waals surface area contributed by atoms with Gasteiger partial charge in [-0.15, -0.1) is 0 Å². The molecule has 0 radical (unpaired) electrons. The zero-order valence-electron chi connectivity index (χ0n) is 17.1. The molecule has 4 N–H and O–H groups in total. The highest BCUT2D eigenvalue weighted by atomic mass is 16.5. The van der Waals surface area contributed by atoms with E-state index < -0.39 is 5.54 Å². The second-order valence-corrected chi connectivity index (χ2v) is 9.23. The molecule has 0 spiro atoms. The van der Waals surface area contributed by atoms with E-state index in [4.69, 9.17) is 26.3 Å². The summed E-state index contributed by atoms with van der Waals surface area (Å²) in [7, 11) is 0. The predicted octanol–water partition coefficient (Wildman–Crippen LogP) is 2.70. The molecule has 3 heterocycles. The molecule has 1 unspecified atom stereocenters. The molecule has 0 aromatic carbocycles. The smallest absolute Gasteiger partial charge is 0.148 e. The topological polar surface area (TPSA) is 105 Å². The monoisotopic (exact) mass is 396 g/mol. The van der Waals surface area contributed by atoms with Crippen molar-refractivity contribution in [1.82, 2.24) is 19.7 Å². The Balaban J connectivity index is 1.48. The first kappa shape index (κ1) is 19.2. The summed E-state index contributed by atoms with van der Waals surface area (Å²) < 4.78 is 7.95. The molecular weight excluding hydrogens is 364 g/mol. The van der Waals surface area contributed by atoms with Gasteiger partial charge in [-0.05, 0) is 69.8 Å². The van der Waals surface area contributed by atoms with Crippen LogP contribution < -0.4 is 11.5 Å². The molecule has 29 heavy (non-hydrogen) atoms. The second kappa shape index (κ2) is 7.78. The maximum absolute atomic E-state index is 6.72. The zero-order valence-corrected chi connectivity index (χ0v) is 17.1. The van der Waals surface area contributed by atoms with Crippen LogP contribution in [0.15, 0.2) is 18.5 Å². The van der Waals surface area contributed by atoms with Crippen molar-refractivity contribution in [3.8, 4) is 11.3 Å². The highest BCUT2D eigenvalue weighted by molar-refractivity contribution is 5.61. The number of nitrogens with two attached hydrogens (primary N) is 2. The van der Waals surface area contributed by atoms with Gasteiger partial charge >= 0.3 is 0 Å². The van der Waals surface area contributed by atoms with E-state index in [1.54, 1.807) is 0 Å². The minimum absolute atomic E-state index is 0.246. The molecule has 2 saturated carbocycles. The SMILES string of the molecule is NC1CCC(N)(c2nccc(-c3cnn(C4CCCOC4)c3CC3CC3)n2)CC1. The standard InChI is InChI=1S/C22H32N6O/c23-16-5-8-22(24,9-6-16)21-25-10-7-19(27-21)18-13-26-28(17-2-1-11-29-14-17)20(18)12-15-3-4-15/h7,10,13,15-17H,1-6,8-9,11-12,14,23-24H2. The molecule has 7 nitrogen and oxygen atoms in total. The van der Waals surface area contributed by atoms with E-state index in [0.717, 1.165) is 81.2 Å². The molecular formula is C22H32N6O. The third kappa shape index (κ3) is 3.96. The maximum Gasteiger partial charge on any atom is 0.148 e. The molecule has 1 atom stereocenters. The minimum Gasteiger partial charge on any atom is -0.379 e. The normalized spacial score (nSPS) is 30.4.